The maximum Gasteiger partial charge on any atom is 0.219 e. The van der Waals surface area contributed by atoms with Crippen LogP contribution in [0, 0.1) is 12.8 Å². The second-order valence-electron chi connectivity index (χ2n) is 6.68. The number of anilines is 1. The van der Waals surface area contributed by atoms with E-state index in [-0.39, 0.29) is 0 Å². The van der Waals surface area contributed by atoms with Gasteiger partial charge in [-0.2, -0.15) is 4.98 Å². The van der Waals surface area contributed by atoms with Crippen molar-refractivity contribution >= 4 is 23.2 Å². The van der Waals surface area contributed by atoms with Gasteiger partial charge in [-0.3, -0.25) is 4.98 Å². The van der Waals surface area contributed by atoms with Crippen molar-refractivity contribution in [2.24, 2.45) is 11.7 Å². The number of hydrogen-bond acceptors (Lipinski definition) is 8. The fourth-order valence-corrected chi connectivity index (χ4v) is 3.75. The van der Waals surface area contributed by atoms with E-state index in [1.54, 1.807) is 17.4 Å². The van der Waals surface area contributed by atoms with E-state index in [1.165, 1.54) is 6.20 Å². The minimum absolute atomic E-state index is 0.468. The summed E-state index contributed by atoms with van der Waals surface area (Å²) in [6.07, 6.45) is 7.88. The highest BCUT2D eigenvalue weighted by Crippen LogP contribution is 2.46. The van der Waals surface area contributed by atoms with Gasteiger partial charge in [0, 0.05) is 40.9 Å². The lowest BCUT2D eigenvalue weighted by atomic mass is 10.2. The highest BCUT2D eigenvalue weighted by atomic mass is 32.1. The van der Waals surface area contributed by atoms with Crippen molar-refractivity contribution in [3.63, 3.8) is 0 Å². The summed E-state index contributed by atoms with van der Waals surface area (Å²) in [5.41, 5.74) is 6.64. The summed E-state index contributed by atoms with van der Waals surface area (Å²) in [5.74, 6) is 2.69. The Morgan fingerprint density at radius 2 is 2.25 bits per heavy atom. The molecule has 144 valence electrons. The van der Waals surface area contributed by atoms with E-state index in [4.69, 9.17) is 10.5 Å². The molecule has 7 nitrogen and oxygen atoms in total. The molecule has 3 heterocycles. The molecule has 0 radical (unpaired) electrons. The standard InChI is InChI=1S/C20H22N6OS/c1-13-23-10-15(28-13)11-24-19-9-20(26-18(25-19)5-6-21)27-12-14-8-16(14)17-4-2-3-7-22-17/h2-7,9-10,14,16H,8,11-12,21H2,1H3,(H,24,25,26)/t14-,16+/m1/s1. The number of ether oxygens (including phenoxy) is 1. The van der Waals surface area contributed by atoms with Gasteiger partial charge in [0.2, 0.25) is 5.88 Å². The molecule has 1 fully saturated rings. The average molecular weight is 395 g/mol. The molecule has 4 rings (SSSR count). The van der Waals surface area contributed by atoms with Crippen LogP contribution < -0.4 is 15.8 Å². The number of pyridine rings is 1. The number of hydrogen-bond donors (Lipinski definition) is 2. The Balaban J connectivity index is 1.39. The molecule has 0 unspecified atom stereocenters. The van der Waals surface area contributed by atoms with Gasteiger partial charge in [-0.15, -0.1) is 11.3 Å². The van der Waals surface area contributed by atoms with Gasteiger partial charge in [-0.05, 0) is 37.8 Å². The maximum absolute atomic E-state index is 5.96. The minimum Gasteiger partial charge on any atom is -0.477 e. The Kier molecular flexibility index (Phi) is 5.48. The lowest BCUT2D eigenvalue weighted by Gasteiger charge is -2.09. The van der Waals surface area contributed by atoms with Crippen LogP contribution in [0.4, 0.5) is 5.82 Å². The van der Waals surface area contributed by atoms with Gasteiger partial charge < -0.3 is 15.8 Å². The first-order valence-corrected chi connectivity index (χ1v) is 9.99. The number of rotatable bonds is 8. The highest BCUT2D eigenvalue weighted by molar-refractivity contribution is 7.11. The highest BCUT2D eigenvalue weighted by Gasteiger charge is 2.39. The van der Waals surface area contributed by atoms with Crippen molar-refractivity contribution in [1.82, 2.24) is 19.9 Å². The molecule has 28 heavy (non-hydrogen) atoms. The number of nitrogens with one attached hydrogen (secondary N) is 1. The molecule has 0 spiro atoms. The zero-order valence-corrected chi connectivity index (χ0v) is 16.4. The van der Waals surface area contributed by atoms with Crippen LogP contribution in [0.25, 0.3) is 6.08 Å². The lowest BCUT2D eigenvalue weighted by Crippen LogP contribution is -2.07. The van der Waals surface area contributed by atoms with E-state index in [0.29, 0.717) is 42.5 Å². The molecule has 2 atom stereocenters. The Morgan fingerprint density at radius 1 is 1.32 bits per heavy atom. The first-order chi connectivity index (χ1) is 13.7. The molecule has 8 heteroatoms. The first-order valence-electron chi connectivity index (χ1n) is 9.17. The quantitative estimate of drug-likeness (QED) is 0.604. The van der Waals surface area contributed by atoms with Crippen LogP contribution in [0.5, 0.6) is 5.88 Å². The smallest absolute Gasteiger partial charge is 0.219 e. The molecule has 0 aliphatic heterocycles. The predicted octanol–water partition coefficient (Wildman–Crippen LogP) is 3.36. The molecule has 0 saturated heterocycles. The van der Waals surface area contributed by atoms with Gasteiger partial charge in [0.1, 0.15) is 5.82 Å². The normalized spacial score (nSPS) is 18.3. The Bertz CT molecular complexity index is 958. The molecule has 1 aliphatic rings. The molecule has 0 amide bonds. The zero-order valence-electron chi connectivity index (χ0n) is 15.6. The predicted molar refractivity (Wildman–Crippen MR) is 110 cm³/mol. The molecule has 3 N–H and O–H groups in total. The topological polar surface area (TPSA) is 98.8 Å². The van der Waals surface area contributed by atoms with E-state index in [1.807, 2.05) is 37.5 Å². The molecule has 1 aliphatic carbocycles. The summed E-state index contributed by atoms with van der Waals surface area (Å²) in [5, 5.41) is 4.35. The third-order valence-electron chi connectivity index (χ3n) is 4.51. The summed E-state index contributed by atoms with van der Waals surface area (Å²) >= 11 is 1.66. The van der Waals surface area contributed by atoms with Crippen LogP contribution in [0.2, 0.25) is 0 Å². The minimum atomic E-state index is 0.468. The summed E-state index contributed by atoms with van der Waals surface area (Å²) in [6.45, 7) is 3.25. The van der Waals surface area contributed by atoms with Gasteiger partial charge in [0.05, 0.1) is 18.2 Å². The van der Waals surface area contributed by atoms with Crippen LogP contribution >= 0.6 is 11.3 Å². The molecular weight excluding hydrogens is 372 g/mol. The van der Waals surface area contributed by atoms with E-state index in [2.05, 4.69) is 31.3 Å². The van der Waals surface area contributed by atoms with Gasteiger partial charge >= 0.3 is 0 Å². The zero-order chi connectivity index (χ0) is 19.3. The van der Waals surface area contributed by atoms with Crippen molar-refractivity contribution in [3.8, 4) is 5.88 Å². The van der Waals surface area contributed by atoms with Gasteiger partial charge in [0.25, 0.3) is 0 Å². The Labute approximate surface area is 167 Å². The van der Waals surface area contributed by atoms with Crippen LogP contribution in [0.15, 0.2) is 42.9 Å². The van der Waals surface area contributed by atoms with E-state index in [0.717, 1.165) is 22.0 Å². The summed E-state index contributed by atoms with van der Waals surface area (Å²) in [6, 6.07) is 7.85. The molecular formula is C20H22N6OS. The summed E-state index contributed by atoms with van der Waals surface area (Å²) < 4.78 is 5.96. The van der Waals surface area contributed by atoms with Crippen molar-refractivity contribution in [3.05, 3.63) is 64.3 Å². The van der Waals surface area contributed by atoms with Gasteiger partial charge in [-0.25, -0.2) is 9.97 Å². The maximum atomic E-state index is 5.96. The van der Waals surface area contributed by atoms with E-state index >= 15 is 0 Å². The van der Waals surface area contributed by atoms with Gasteiger partial charge in [-0.1, -0.05) is 6.07 Å². The molecule has 1 saturated carbocycles. The van der Waals surface area contributed by atoms with Crippen molar-refractivity contribution in [2.45, 2.75) is 25.8 Å². The molecule has 3 aromatic heterocycles. The van der Waals surface area contributed by atoms with Crippen molar-refractivity contribution in [1.29, 1.82) is 0 Å². The number of nitrogens with zero attached hydrogens (tertiary/aromatic N) is 4. The SMILES string of the molecule is Cc1ncc(CNc2cc(OC[C@H]3C[C@@H]3c3ccccn3)nc(C=CN)n2)s1. The first kappa shape index (κ1) is 18.4. The van der Waals surface area contributed by atoms with Crippen molar-refractivity contribution < 1.29 is 4.74 Å². The number of aryl methyl sites for hydroxylation is 1. The molecule has 3 aromatic rings. The second-order valence-corrected chi connectivity index (χ2v) is 8.00. The monoisotopic (exact) mass is 394 g/mol. The van der Waals surface area contributed by atoms with Crippen LogP contribution in [-0.2, 0) is 6.54 Å². The molecule has 0 bridgehead atoms. The largest absolute Gasteiger partial charge is 0.477 e. The fraction of sp³-hybridized carbons (Fsp3) is 0.300. The van der Waals surface area contributed by atoms with Crippen molar-refractivity contribution in [2.75, 3.05) is 11.9 Å². The van der Waals surface area contributed by atoms with Crippen LogP contribution in [0.3, 0.4) is 0 Å². The van der Waals surface area contributed by atoms with E-state index in [9.17, 15) is 0 Å². The molecule has 0 aromatic carbocycles. The second kappa shape index (κ2) is 8.35. The number of thiazole rings is 1. The Hall–Kier alpha value is -3.00. The van der Waals surface area contributed by atoms with Gasteiger partial charge in [0.15, 0.2) is 5.82 Å². The number of nitrogens with two attached hydrogens (primary N) is 1. The average Bonchev–Trinajstić information content (AvgIpc) is 3.38. The summed E-state index contributed by atoms with van der Waals surface area (Å²) in [4.78, 5) is 18.7. The number of aromatic nitrogens is 4. The lowest BCUT2D eigenvalue weighted by molar-refractivity contribution is 0.285. The fourth-order valence-electron chi connectivity index (χ4n) is 3.01. The van der Waals surface area contributed by atoms with E-state index < -0.39 is 0 Å². The summed E-state index contributed by atoms with van der Waals surface area (Å²) in [7, 11) is 0. The van der Waals surface area contributed by atoms with Crippen LogP contribution in [-0.4, -0.2) is 26.5 Å². The Morgan fingerprint density at radius 3 is 3.00 bits per heavy atom. The third-order valence-corrected chi connectivity index (χ3v) is 5.43. The van der Waals surface area contributed by atoms with Crippen LogP contribution in [0.1, 0.15) is 33.7 Å². The third kappa shape index (κ3) is 4.64.